The largest absolute Gasteiger partial charge is 0.467 e. The van der Waals surface area contributed by atoms with Gasteiger partial charge in [0.2, 0.25) is 0 Å². The summed E-state index contributed by atoms with van der Waals surface area (Å²) in [7, 11) is 3.38. The number of nitrogens with one attached hydrogen (secondary N) is 1. The number of amides is 2. The van der Waals surface area contributed by atoms with Gasteiger partial charge in [0.25, 0.3) is 11.8 Å². The Balaban J connectivity index is 1.52. The van der Waals surface area contributed by atoms with Crippen LogP contribution in [0.3, 0.4) is 0 Å². The van der Waals surface area contributed by atoms with E-state index in [2.05, 4.69) is 17.3 Å². The zero-order chi connectivity index (χ0) is 22.1. The summed E-state index contributed by atoms with van der Waals surface area (Å²) in [6.45, 7) is 2.04. The van der Waals surface area contributed by atoms with Crippen LogP contribution in [0.4, 0.5) is 0 Å². The van der Waals surface area contributed by atoms with Crippen LogP contribution in [-0.2, 0) is 22.5 Å². The van der Waals surface area contributed by atoms with Gasteiger partial charge in [0, 0.05) is 37.7 Å². The van der Waals surface area contributed by atoms with E-state index in [0.29, 0.717) is 21.2 Å². The number of methoxy groups -OCH3 is 1. The zero-order valence-electron chi connectivity index (χ0n) is 17.4. The number of rotatable bonds is 4. The molecular weight excluding hydrogens is 438 g/mol. The summed E-state index contributed by atoms with van der Waals surface area (Å²) in [5.41, 5.74) is 2.93. The Morgan fingerprint density at radius 2 is 2.00 bits per heavy atom. The van der Waals surface area contributed by atoms with Crippen molar-refractivity contribution < 1.29 is 19.1 Å². The molecule has 7 nitrogen and oxygen atoms in total. The van der Waals surface area contributed by atoms with E-state index in [1.807, 2.05) is 18.2 Å². The third-order valence-corrected chi connectivity index (χ3v) is 7.05. The molecule has 2 atom stereocenters. The monoisotopic (exact) mass is 461 g/mol. The van der Waals surface area contributed by atoms with Gasteiger partial charge in [-0.15, -0.1) is 11.3 Å². The zero-order valence-corrected chi connectivity index (χ0v) is 19.0. The Bertz CT molecular complexity index is 1020. The minimum Gasteiger partial charge on any atom is -0.467 e. The van der Waals surface area contributed by atoms with Crippen LogP contribution in [0.25, 0.3) is 0 Å². The van der Waals surface area contributed by atoms with Gasteiger partial charge in [-0.2, -0.15) is 0 Å². The molecule has 2 aliphatic heterocycles. The lowest BCUT2D eigenvalue weighted by Gasteiger charge is -2.26. The Morgan fingerprint density at radius 1 is 1.19 bits per heavy atom. The Morgan fingerprint density at radius 3 is 2.71 bits per heavy atom. The molecule has 1 fully saturated rings. The second-order valence-electron chi connectivity index (χ2n) is 7.98. The van der Waals surface area contributed by atoms with Crippen molar-refractivity contribution in [3.63, 3.8) is 0 Å². The van der Waals surface area contributed by atoms with Gasteiger partial charge in [-0.1, -0.05) is 17.7 Å². The highest BCUT2D eigenvalue weighted by Crippen LogP contribution is 2.26. The van der Waals surface area contributed by atoms with Gasteiger partial charge in [0.15, 0.2) is 0 Å². The SMILES string of the molecule is COC(=O)[C@@H]1C[C@@H](NC(=O)c2ccc(Cl)s2)CN1C(=O)c1ccc2c(c1)CCN(C)C2. The van der Waals surface area contributed by atoms with Crippen LogP contribution in [0.15, 0.2) is 30.3 Å². The van der Waals surface area contributed by atoms with E-state index in [4.69, 9.17) is 16.3 Å². The predicted octanol–water partition coefficient (Wildman–Crippen LogP) is 2.58. The molecule has 9 heteroatoms. The summed E-state index contributed by atoms with van der Waals surface area (Å²) in [6.07, 6.45) is 1.19. The van der Waals surface area contributed by atoms with Gasteiger partial charge in [0.1, 0.15) is 6.04 Å². The normalized spacial score (nSPS) is 20.9. The molecule has 0 unspecified atom stereocenters. The number of hydrogen-bond acceptors (Lipinski definition) is 6. The quantitative estimate of drug-likeness (QED) is 0.708. The number of nitrogens with zero attached hydrogens (tertiary/aromatic N) is 2. The summed E-state index contributed by atoms with van der Waals surface area (Å²) in [5.74, 6) is -0.977. The molecule has 0 radical (unpaired) electrons. The van der Waals surface area contributed by atoms with E-state index in [9.17, 15) is 14.4 Å². The van der Waals surface area contributed by atoms with Gasteiger partial charge in [-0.3, -0.25) is 9.59 Å². The van der Waals surface area contributed by atoms with Crippen LogP contribution in [-0.4, -0.2) is 66.9 Å². The van der Waals surface area contributed by atoms with Gasteiger partial charge in [0.05, 0.1) is 16.3 Å². The standard InChI is InChI=1S/C22H24ClN3O4S/c1-25-8-7-13-9-14(3-4-15(13)11-25)21(28)26-12-16(10-17(26)22(29)30-2)24-20(27)18-5-6-19(23)31-18/h3-6,9,16-17H,7-8,10-12H2,1-2H3,(H,24,27)/t16-,17+/m1/s1. The molecule has 0 spiro atoms. The van der Waals surface area contributed by atoms with Gasteiger partial charge >= 0.3 is 5.97 Å². The third kappa shape index (κ3) is 4.61. The summed E-state index contributed by atoms with van der Waals surface area (Å²) in [4.78, 5) is 42.4. The molecule has 1 saturated heterocycles. The average molecular weight is 462 g/mol. The molecule has 1 N–H and O–H groups in total. The van der Waals surface area contributed by atoms with Crippen LogP contribution in [0.1, 0.15) is 37.6 Å². The number of fused-ring (bicyclic) bond motifs is 1. The fourth-order valence-corrected chi connectivity index (χ4v) is 5.16. The molecule has 164 valence electrons. The Labute approximate surface area is 189 Å². The molecule has 31 heavy (non-hydrogen) atoms. The lowest BCUT2D eigenvalue weighted by molar-refractivity contribution is -0.145. The van der Waals surface area contributed by atoms with E-state index >= 15 is 0 Å². The first-order valence-corrected chi connectivity index (χ1v) is 11.3. The third-order valence-electron chi connectivity index (χ3n) is 5.82. The molecule has 2 aliphatic rings. The van der Waals surface area contributed by atoms with Crippen LogP contribution >= 0.6 is 22.9 Å². The van der Waals surface area contributed by atoms with E-state index in [1.165, 1.54) is 28.9 Å². The number of esters is 1. The number of hydrogen-bond donors (Lipinski definition) is 1. The first-order valence-electron chi connectivity index (χ1n) is 10.1. The smallest absolute Gasteiger partial charge is 0.328 e. The summed E-state index contributed by atoms with van der Waals surface area (Å²) < 4.78 is 5.45. The van der Waals surface area contributed by atoms with E-state index in [-0.39, 0.29) is 24.4 Å². The van der Waals surface area contributed by atoms with E-state index in [1.54, 1.807) is 12.1 Å². The molecule has 4 rings (SSSR count). The average Bonchev–Trinajstić information content (AvgIpc) is 3.38. The Kier molecular flexibility index (Phi) is 6.31. The van der Waals surface area contributed by atoms with Crippen molar-refractivity contribution in [2.45, 2.75) is 31.5 Å². The molecule has 0 saturated carbocycles. The molecule has 1 aromatic carbocycles. The summed E-state index contributed by atoms with van der Waals surface area (Å²) in [5, 5.41) is 2.91. The maximum atomic E-state index is 13.3. The molecule has 3 heterocycles. The van der Waals surface area contributed by atoms with Crippen molar-refractivity contribution in [3.8, 4) is 0 Å². The fraction of sp³-hybridized carbons (Fsp3) is 0.409. The Hall–Kier alpha value is -2.42. The summed E-state index contributed by atoms with van der Waals surface area (Å²) >= 11 is 7.10. The highest BCUT2D eigenvalue weighted by Gasteiger charge is 2.41. The highest BCUT2D eigenvalue weighted by atomic mass is 35.5. The number of halogens is 1. The van der Waals surface area contributed by atoms with Gasteiger partial charge < -0.3 is 19.9 Å². The van der Waals surface area contributed by atoms with Gasteiger partial charge in [-0.25, -0.2) is 4.79 Å². The highest BCUT2D eigenvalue weighted by molar-refractivity contribution is 7.18. The molecule has 0 aliphatic carbocycles. The summed E-state index contributed by atoms with van der Waals surface area (Å²) in [6, 6.07) is 7.96. The van der Waals surface area contributed by atoms with Crippen molar-refractivity contribution in [3.05, 3.63) is 56.2 Å². The maximum Gasteiger partial charge on any atom is 0.328 e. The number of carbonyl (C=O) groups is 3. The number of ether oxygens (including phenoxy) is 1. The number of benzene rings is 1. The lowest BCUT2D eigenvalue weighted by Crippen LogP contribution is -2.42. The first kappa shape index (κ1) is 21.8. The van der Waals surface area contributed by atoms with Crippen LogP contribution in [0, 0.1) is 0 Å². The van der Waals surface area contributed by atoms with Gasteiger partial charge in [-0.05, 0) is 48.9 Å². The minimum atomic E-state index is -0.739. The molecular formula is C22H24ClN3O4S. The number of likely N-dealkylation sites (N-methyl/N-ethyl adjacent to an activating group) is 1. The second kappa shape index (κ2) is 8.98. The van der Waals surface area contributed by atoms with Crippen molar-refractivity contribution in [2.24, 2.45) is 0 Å². The number of thiophene rings is 1. The second-order valence-corrected chi connectivity index (χ2v) is 9.69. The molecule has 0 bridgehead atoms. The fourth-order valence-electron chi connectivity index (χ4n) is 4.21. The van der Waals surface area contributed by atoms with Crippen molar-refractivity contribution in [1.82, 2.24) is 15.1 Å². The predicted molar refractivity (Wildman–Crippen MR) is 119 cm³/mol. The van der Waals surface area contributed by atoms with E-state index < -0.39 is 12.0 Å². The molecule has 2 amide bonds. The maximum absolute atomic E-state index is 13.3. The molecule has 1 aromatic heterocycles. The van der Waals surface area contributed by atoms with Crippen molar-refractivity contribution in [1.29, 1.82) is 0 Å². The lowest BCUT2D eigenvalue weighted by atomic mass is 9.97. The van der Waals surface area contributed by atoms with Crippen molar-refractivity contribution in [2.75, 3.05) is 27.2 Å². The number of likely N-dealkylation sites (tertiary alicyclic amines) is 1. The number of carbonyl (C=O) groups excluding carboxylic acids is 3. The minimum absolute atomic E-state index is 0.229. The van der Waals surface area contributed by atoms with E-state index in [0.717, 1.165) is 25.1 Å². The van der Waals surface area contributed by atoms with Crippen LogP contribution in [0.5, 0.6) is 0 Å². The first-order chi connectivity index (χ1) is 14.9. The molecule has 2 aromatic rings. The van der Waals surface area contributed by atoms with Crippen LogP contribution < -0.4 is 5.32 Å². The van der Waals surface area contributed by atoms with Crippen molar-refractivity contribution >= 4 is 40.7 Å². The van der Waals surface area contributed by atoms with Crippen LogP contribution in [0.2, 0.25) is 4.34 Å². The topological polar surface area (TPSA) is 79.0 Å².